The number of ether oxygens (including phenoxy) is 2. The van der Waals surface area contributed by atoms with Crippen LogP contribution in [-0.4, -0.2) is 22.6 Å². The number of hydrogen-bond acceptors (Lipinski definition) is 4. The van der Waals surface area contributed by atoms with Crippen molar-refractivity contribution in [3.8, 4) is 11.5 Å². The molecule has 0 saturated carbocycles. The van der Waals surface area contributed by atoms with E-state index in [2.05, 4.69) is 4.72 Å². The first-order valence-corrected chi connectivity index (χ1v) is 7.96. The van der Waals surface area contributed by atoms with E-state index >= 15 is 0 Å². The first-order valence-electron chi connectivity index (χ1n) is 6.48. The van der Waals surface area contributed by atoms with Crippen LogP contribution in [0.25, 0.3) is 0 Å². The molecular formula is C15H15F2NO4S. The molecule has 8 heteroatoms. The summed E-state index contributed by atoms with van der Waals surface area (Å²) in [6.07, 6.45) is 0. The summed E-state index contributed by atoms with van der Waals surface area (Å²) < 4.78 is 63.6. The first-order chi connectivity index (χ1) is 10.8. The Balaban J connectivity index is 2.44. The number of rotatable bonds is 5. The van der Waals surface area contributed by atoms with E-state index in [1.807, 2.05) is 0 Å². The molecule has 1 N–H and O–H groups in total. The number of sulfonamides is 1. The molecule has 0 aliphatic rings. The number of aryl methyl sites for hydroxylation is 1. The Bertz CT molecular complexity index is 817. The van der Waals surface area contributed by atoms with Crippen LogP contribution in [-0.2, 0) is 10.0 Å². The molecule has 0 bridgehead atoms. The molecule has 0 unspecified atom stereocenters. The largest absolute Gasteiger partial charge is 0.493 e. The molecule has 0 amide bonds. The minimum Gasteiger partial charge on any atom is -0.493 e. The maximum atomic E-state index is 13.2. The van der Waals surface area contributed by atoms with Crippen LogP contribution in [0.4, 0.5) is 14.5 Å². The smallest absolute Gasteiger partial charge is 0.262 e. The van der Waals surface area contributed by atoms with Crippen molar-refractivity contribution in [1.82, 2.24) is 0 Å². The van der Waals surface area contributed by atoms with Crippen molar-refractivity contribution in [2.75, 3.05) is 18.9 Å². The predicted molar refractivity (Wildman–Crippen MR) is 81.4 cm³/mol. The zero-order chi connectivity index (χ0) is 17.2. The fourth-order valence-corrected chi connectivity index (χ4v) is 3.14. The van der Waals surface area contributed by atoms with Crippen LogP contribution < -0.4 is 14.2 Å². The van der Waals surface area contributed by atoms with Crippen LogP contribution in [0, 0.1) is 18.6 Å². The summed E-state index contributed by atoms with van der Waals surface area (Å²) in [6.45, 7) is 1.66. The third kappa shape index (κ3) is 3.70. The standard InChI is InChI=1S/C15H15F2NO4S/c1-9-4-14(21-2)15(22-3)8-13(9)18-23(19,20)12-6-10(16)5-11(17)7-12/h4-8,18H,1-3H3. The van der Waals surface area contributed by atoms with Crippen LogP contribution in [0.5, 0.6) is 11.5 Å². The molecule has 2 aromatic rings. The maximum Gasteiger partial charge on any atom is 0.262 e. The second-order valence-corrected chi connectivity index (χ2v) is 6.42. The van der Waals surface area contributed by atoms with Crippen molar-refractivity contribution in [2.24, 2.45) is 0 Å². The number of hydrogen-bond donors (Lipinski definition) is 1. The third-order valence-electron chi connectivity index (χ3n) is 3.12. The van der Waals surface area contributed by atoms with Crippen molar-refractivity contribution in [1.29, 1.82) is 0 Å². The minimum atomic E-state index is -4.15. The molecule has 0 aromatic heterocycles. The van der Waals surface area contributed by atoms with Gasteiger partial charge in [-0.1, -0.05) is 0 Å². The lowest BCUT2D eigenvalue weighted by molar-refractivity contribution is 0.355. The average molecular weight is 343 g/mol. The third-order valence-corrected chi connectivity index (χ3v) is 4.47. The highest BCUT2D eigenvalue weighted by atomic mass is 32.2. The second kappa shape index (κ2) is 6.41. The van der Waals surface area contributed by atoms with Gasteiger partial charge in [0.25, 0.3) is 10.0 Å². The Morgan fingerprint density at radius 3 is 1.96 bits per heavy atom. The van der Waals surface area contributed by atoms with Crippen LogP contribution in [0.15, 0.2) is 35.2 Å². The summed E-state index contributed by atoms with van der Waals surface area (Å²) in [4.78, 5) is -0.510. The van der Waals surface area contributed by atoms with E-state index in [9.17, 15) is 17.2 Å². The molecule has 0 spiro atoms. The van der Waals surface area contributed by atoms with Crippen molar-refractivity contribution in [3.63, 3.8) is 0 Å². The molecule has 5 nitrogen and oxygen atoms in total. The molecule has 0 heterocycles. The van der Waals surface area contributed by atoms with Gasteiger partial charge < -0.3 is 9.47 Å². The van der Waals surface area contributed by atoms with Crippen LogP contribution in [0.2, 0.25) is 0 Å². The lowest BCUT2D eigenvalue weighted by atomic mass is 10.2. The quantitative estimate of drug-likeness (QED) is 0.906. The second-order valence-electron chi connectivity index (χ2n) is 4.73. The summed E-state index contributed by atoms with van der Waals surface area (Å²) in [5.74, 6) is -1.20. The molecule has 2 aromatic carbocycles. The maximum absolute atomic E-state index is 13.2. The number of benzene rings is 2. The molecule has 23 heavy (non-hydrogen) atoms. The van der Waals surface area contributed by atoms with Gasteiger partial charge in [0.15, 0.2) is 11.5 Å². The molecule has 0 fully saturated rings. The Kier molecular flexibility index (Phi) is 4.74. The van der Waals surface area contributed by atoms with E-state index in [-0.39, 0.29) is 5.69 Å². The number of anilines is 1. The van der Waals surface area contributed by atoms with E-state index in [1.54, 1.807) is 13.0 Å². The first kappa shape index (κ1) is 17.0. The van der Waals surface area contributed by atoms with Crippen molar-refractivity contribution >= 4 is 15.7 Å². The Hall–Kier alpha value is -2.35. The van der Waals surface area contributed by atoms with Crippen LogP contribution in [0.1, 0.15) is 5.56 Å². The van der Waals surface area contributed by atoms with E-state index < -0.39 is 26.6 Å². The van der Waals surface area contributed by atoms with Gasteiger partial charge in [0.2, 0.25) is 0 Å². The number of methoxy groups -OCH3 is 2. The van der Waals surface area contributed by atoms with Crippen LogP contribution in [0.3, 0.4) is 0 Å². The number of halogens is 2. The van der Waals surface area contributed by atoms with E-state index in [1.165, 1.54) is 20.3 Å². The Morgan fingerprint density at radius 1 is 0.913 bits per heavy atom. The fraction of sp³-hybridized carbons (Fsp3) is 0.200. The summed E-state index contributed by atoms with van der Waals surface area (Å²) >= 11 is 0. The topological polar surface area (TPSA) is 64.6 Å². The highest BCUT2D eigenvalue weighted by molar-refractivity contribution is 7.92. The van der Waals surface area contributed by atoms with Gasteiger partial charge >= 0.3 is 0 Å². The van der Waals surface area contributed by atoms with Gasteiger partial charge in [0.05, 0.1) is 24.8 Å². The van der Waals surface area contributed by atoms with Gasteiger partial charge in [-0.15, -0.1) is 0 Å². The molecule has 0 radical (unpaired) electrons. The molecule has 0 atom stereocenters. The van der Waals surface area contributed by atoms with Crippen molar-refractivity contribution in [2.45, 2.75) is 11.8 Å². The lowest BCUT2D eigenvalue weighted by Crippen LogP contribution is -2.14. The van der Waals surface area contributed by atoms with Gasteiger partial charge in [-0.25, -0.2) is 17.2 Å². The number of nitrogens with one attached hydrogen (secondary N) is 1. The van der Waals surface area contributed by atoms with Gasteiger partial charge in [0, 0.05) is 12.1 Å². The zero-order valence-corrected chi connectivity index (χ0v) is 13.5. The lowest BCUT2D eigenvalue weighted by Gasteiger charge is -2.14. The zero-order valence-electron chi connectivity index (χ0n) is 12.7. The molecule has 0 saturated heterocycles. The highest BCUT2D eigenvalue weighted by Gasteiger charge is 2.19. The molecule has 124 valence electrons. The summed E-state index contributed by atoms with van der Waals surface area (Å²) in [5, 5.41) is 0. The summed E-state index contributed by atoms with van der Waals surface area (Å²) in [5.41, 5.74) is 0.774. The predicted octanol–water partition coefficient (Wildman–Crippen LogP) is 3.09. The molecular weight excluding hydrogens is 328 g/mol. The monoisotopic (exact) mass is 343 g/mol. The van der Waals surface area contributed by atoms with Crippen molar-refractivity contribution < 1.29 is 26.7 Å². The average Bonchev–Trinajstić information content (AvgIpc) is 2.47. The summed E-state index contributed by atoms with van der Waals surface area (Å²) in [7, 11) is -1.29. The van der Waals surface area contributed by atoms with E-state index in [0.717, 1.165) is 12.1 Å². The van der Waals surface area contributed by atoms with E-state index in [4.69, 9.17) is 9.47 Å². The van der Waals surface area contributed by atoms with Crippen LogP contribution >= 0.6 is 0 Å². The fourth-order valence-electron chi connectivity index (χ4n) is 1.98. The Labute approximate surface area is 132 Å². The van der Waals surface area contributed by atoms with E-state index in [0.29, 0.717) is 23.1 Å². The Morgan fingerprint density at radius 2 is 1.43 bits per heavy atom. The minimum absolute atomic E-state index is 0.215. The molecule has 0 aliphatic carbocycles. The van der Waals surface area contributed by atoms with Crippen molar-refractivity contribution in [3.05, 3.63) is 47.5 Å². The highest BCUT2D eigenvalue weighted by Crippen LogP contribution is 2.33. The van der Waals surface area contributed by atoms with Gasteiger partial charge in [-0.3, -0.25) is 4.72 Å². The van der Waals surface area contributed by atoms with Gasteiger partial charge in [0.1, 0.15) is 11.6 Å². The normalized spacial score (nSPS) is 11.2. The molecule has 0 aliphatic heterocycles. The van der Waals surface area contributed by atoms with Gasteiger partial charge in [-0.2, -0.15) is 0 Å². The SMILES string of the molecule is COc1cc(C)c(NS(=O)(=O)c2cc(F)cc(F)c2)cc1OC. The van der Waals surface area contributed by atoms with Gasteiger partial charge in [-0.05, 0) is 30.7 Å². The summed E-state index contributed by atoms with van der Waals surface area (Å²) in [6, 6.07) is 5.09. The molecule has 2 rings (SSSR count).